The average molecular weight is 259 g/mol. The van der Waals surface area contributed by atoms with Gasteiger partial charge in [0.05, 0.1) is 19.0 Å². The van der Waals surface area contributed by atoms with Gasteiger partial charge in [-0.25, -0.2) is 18.4 Å². The van der Waals surface area contributed by atoms with E-state index < -0.39 is 9.84 Å². The summed E-state index contributed by atoms with van der Waals surface area (Å²) in [5.41, 5.74) is 0.889. The molecule has 0 radical (unpaired) electrons. The zero-order valence-corrected chi connectivity index (χ0v) is 10.8. The van der Waals surface area contributed by atoms with E-state index in [9.17, 15) is 8.42 Å². The summed E-state index contributed by atoms with van der Waals surface area (Å²) in [6, 6.07) is 1.81. The largest absolute Gasteiger partial charge is 0.379 e. The van der Waals surface area contributed by atoms with Crippen LogP contribution in [0.1, 0.15) is 5.69 Å². The van der Waals surface area contributed by atoms with Crippen molar-refractivity contribution < 1.29 is 13.2 Å². The molecule has 0 aromatic carbocycles. The zero-order chi connectivity index (χ0) is 12.7. The molecule has 1 aromatic rings. The fourth-order valence-corrected chi connectivity index (χ4v) is 1.50. The van der Waals surface area contributed by atoms with Crippen molar-refractivity contribution in [1.82, 2.24) is 9.97 Å². The van der Waals surface area contributed by atoms with Crippen molar-refractivity contribution in [2.45, 2.75) is 6.92 Å². The van der Waals surface area contributed by atoms with Gasteiger partial charge in [-0.15, -0.1) is 0 Å². The number of nitrogens with one attached hydrogen (secondary N) is 1. The molecular weight excluding hydrogens is 242 g/mol. The monoisotopic (exact) mass is 259 g/mol. The normalized spacial score (nSPS) is 11.4. The summed E-state index contributed by atoms with van der Waals surface area (Å²) in [4.78, 5) is 8.18. The third-order valence-corrected chi connectivity index (χ3v) is 2.83. The first-order valence-corrected chi connectivity index (χ1v) is 7.32. The summed E-state index contributed by atoms with van der Waals surface area (Å²) >= 11 is 0. The fourth-order valence-electron chi connectivity index (χ4n) is 1.08. The molecule has 1 rings (SSSR count). The molecule has 0 aliphatic rings. The highest BCUT2D eigenvalue weighted by Gasteiger charge is 2.01. The van der Waals surface area contributed by atoms with E-state index in [4.69, 9.17) is 4.74 Å². The standard InChI is InChI=1S/C10H17N3O3S/c1-9-3-4-11-10(13-9)12-5-6-16-7-8-17(2,14)15/h3-4H,5-8H2,1-2H3,(H,11,12,13). The second-order valence-electron chi connectivity index (χ2n) is 3.69. The number of rotatable bonds is 7. The van der Waals surface area contributed by atoms with Crippen molar-refractivity contribution in [3.05, 3.63) is 18.0 Å². The Hall–Kier alpha value is -1.21. The van der Waals surface area contributed by atoms with Gasteiger partial charge in [0.2, 0.25) is 5.95 Å². The Kier molecular flexibility index (Phi) is 5.30. The van der Waals surface area contributed by atoms with Crippen LogP contribution < -0.4 is 5.32 Å². The molecule has 0 unspecified atom stereocenters. The quantitative estimate of drug-likeness (QED) is 0.707. The fraction of sp³-hybridized carbons (Fsp3) is 0.600. The Bertz CT molecular complexity index is 448. The van der Waals surface area contributed by atoms with E-state index in [2.05, 4.69) is 15.3 Å². The highest BCUT2D eigenvalue weighted by molar-refractivity contribution is 7.90. The maximum atomic E-state index is 10.8. The summed E-state index contributed by atoms with van der Waals surface area (Å²) in [7, 11) is -2.94. The summed E-state index contributed by atoms with van der Waals surface area (Å²) < 4.78 is 26.8. The van der Waals surface area contributed by atoms with Crippen LogP contribution in [-0.2, 0) is 14.6 Å². The molecule has 1 aromatic heterocycles. The summed E-state index contributed by atoms with van der Waals surface area (Å²) in [6.45, 7) is 3.07. The Morgan fingerprint density at radius 1 is 1.41 bits per heavy atom. The number of sulfone groups is 1. The van der Waals surface area contributed by atoms with Gasteiger partial charge in [0.15, 0.2) is 0 Å². The summed E-state index contributed by atoms with van der Waals surface area (Å²) in [6.07, 6.45) is 2.87. The topological polar surface area (TPSA) is 81.2 Å². The Labute approximate surface area is 101 Å². The van der Waals surface area contributed by atoms with E-state index in [1.807, 2.05) is 13.0 Å². The van der Waals surface area contributed by atoms with Gasteiger partial charge in [0.1, 0.15) is 9.84 Å². The van der Waals surface area contributed by atoms with Crippen LogP contribution in [0.2, 0.25) is 0 Å². The molecule has 7 heteroatoms. The molecule has 0 fully saturated rings. The van der Waals surface area contributed by atoms with Gasteiger partial charge in [0.25, 0.3) is 0 Å². The minimum atomic E-state index is -2.94. The highest BCUT2D eigenvalue weighted by atomic mass is 32.2. The van der Waals surface area contributed by atoms with Crippen molar-refractivity contribution >= 4 is 15.8 Å². The van der Waals surface area contributed by atoms with Crippen molar-refractivity contribution in [1.29, 1.82) is 0 Å². The van der Waals surface area contributed by atoms with Crippen molar-refractivity contribution in [2.75, 3.05) is 37.1 Å². The average Bonchev–Trinajstić information content (AvgIpc) is 2.22. The first kappa shape index (κ1) is 13.9. The van der Waals surface area contributed by atoms with Crippen LogP contribution in [-0.4, -0.2) is 50.2 Å². The third-order valence-electron chi connectivity index (χ3n) is 1.92. The van der Waals surface area contributed by atoms with Crippen molar-refractivity contribution in [3.8, 4) is 0 Å². The lowest BCUT2D eigenvalue weighted by atomic mass is 10.5. The highest BCUT2D eigenvalue weighted by Crippen LogP contribution is 1.97. The van der Waals surface area contributed by atoms with Crippen molar-refractivity contribution in [3.63, 3.8) is 0 Å². The minimum Gasteiger partial charge on any atom is -0.379 e. The van der Waals surface area contributed by atoms with Crippen LogP contribution >= 0.6 is 0 Å². The molecule has 17 heavy (non-hydrogen) atoms. The van der Waals surface area contributed by atoms with Gasteiger partial charge in [-0.1, -0.05) is 0 Å². The number of aromatic nitrogens is 2. The van der Waals surface area contributed by atoms with Gasteiger partial charge < -0.3 is 10.1 Å². The summed E-state index contributed by atoms with van der Waals surface area (Å²) in [5.74, 6) is 0.602. The molecule has 0 spiro atoms. The maximum Gasteiger partial charge on any atom is 0.222 e. The van der Waals surface area contributed by atoms with Crippen LogP contribution in [0.4, 0.5) is 5.95 Å². The Morgan fingerprint density at radius 3 is 2.82 bits per heavy atom. The SMILES string of the molecule is Cc1ccnc(NCCOCCS(C)(=O)=O)n1. The van der Waals surface area contributed by atoms with Crippen molar-refractivity contribution in [2.24, 2.45) is 0 Å². The maximum absolute atomic E-state index is 10.8. The van der Waals surface area contributed by atoms with E-state index >= 15 is 0 Å². The molecule has 0 aliphatic carbocycles. The summed E-state index contributed by atoms with van der Waals surface area (Å²) in [5, 5.41) is 2.99. The van der Waals surface area contributed by atoms with E-state index in [-0.39, 0.29) is 12.4 Å². The molecular formula is C10H17N3O3S. The first-order chi connectivity index (χ1) is 7.97. The number of hydrogen-bond donors (Lipinski definition) is 1. The van der Waals surface area contributed by atoms with E-state index in [0.29, 0.717) is 19.1 Å². The Morgan fingerprint density at radius 2 is 2.18 bits per heavy atom. The minimum absolute atomic E-state index is 0.0495. The molecule has 1 N–H and O–H groups in total. The lowest BCUT2D eigenvalue weighted by molar-refractivity contribution is 0.159. The first-order valence-electron chi connectivity index (χ1n) is 5.26. The molecule has 0 saturated carbocycles. The molecule has 0 saturated heterocycles. The van der Waals surface area contributed by atoms with Gasteiger partial charge in [-0.2, -0.15) is 0 Å². The van der Waals surface area contributed by atoms with E-state index in [1.54, 1.807) is 6.20 Å². The smallest absolute Gasteiger partial charge is 0.222 e. The molecule has 0 atom stereocenters. The van der Waals surface area contributed by atoms with E-state index in [0.717, 1.165) is 5.69 Å². The molecule has 0 amide bonds. The third kappa shape index (κ3) is 6.85. The predicted octanol–water partition coefficient (Wildman–Crippen LogP) is 0.258. The second kappa shape index (κ2) is 6.51. The number of anilines is 1. The van der Waals surface area contributed by atoms with E-state index in [1.165, 1.54) is 6.26 Å². The number of ether oxygens (including phenoxy) is 1. The second-order valence-corrected chi connectivity index (χ2v) is 5.95. The number of aryl methyl sites for hydroxylation is 1. The molecule has 0 bridgehead atoms. The van der Waals surface area contributed by atoms with Gasteiger partial charge in [-0.05, 0) is 13.0 Å². The van der Waals surface area contributed by atoms with Gasteiger partial charge in [-0.3, -0.25) is 0 Å². The molecule has 6 nitrogen and oxygen atoms in total. The zero-order valence-electron chi connectivity index (χ0n) is 10.0. The van der Waals surface area contributed by atoms with Crippen LogP contribution in [0, 0.1) is 6.92 Å². The van der Waals surface area contributed by atoms with Crippen LogP contribution in [0.3, 0.4) is 0 Å². The molecule has 0 aliphatic heterocycles. The predicted molar refractivity (Wildman–Crippen MR) is 65.8 cm³/mol. The van der Waals surface area contributed by atoms with Crippen LogP contribution in [0.15, 0.2) is 12.3 Å². The number of nitrogens with zero attached hydrogens (tertiary/aromatic N) is 2. The van der Waals surface area contributed by atoms with Crippen LogP contribution in [0.25, 0.3) is 0 Å². The lowest BCUT2D eigenvalue weighted by Crippen LogP contribution is -2.15. The van der Waals surface area contributed by atoms with Gasteiger partial charge >= 0.3 is 0 Å². The number of hydrogen-bond acceptors (Lipinski definition) is 6. The Balaban J connectivity index is 2.13. The lowest BCUT2D eigenvalue weighted by Gasteiger charge is -2.05. The van der Waals surface area contributed by atoms with Gasteiger partial charge in [0, 0.05) is 24.7 Å². The molecule has 1 heterocycles. The van der Waals surface area contributed by atoms with Crippen LogP contribution in [0.5, 0.6) is 0 Å². The molecule has 96 valence electrons.